The number of ketones is 1. The Morgan fingerprint density at radius 3 is 2.33 bits per heavy atom. The van der Waals surface area contributed by atoms with Gasteiger partial charge in [0.2, 0.25) is 0 Å². The first-order valence-corrected chi connectivity index (χ1v) is 9.74. The lowest BCUT2D eigenvalue weighted by molar-refractivity contribution is 0.0988. The zero-order chi connectivity index (χ0) is 19.6. The SMILES string of the molecule is C#CC.CCC(=O)c1ccc(N2CCN(Sc3ccc(N)nc3)CC2)cc1. The van der Waals surface area contributed by atoms with Crippen LogP contribution in [0.2, 0.25) is 0 Å². The van der Waals surface area contributed by atoms with Crippen LogP contribution in [0.3, 0.4) is 0 Å². The van der Waals surface area contributed by atoms with Crippen molar-refractivity contribution in [3.63, 3.8) is 0 Å². The largest absolute Gasteiger partial charge is 0.384 e. The number of nitrogen functional groups attached to an aromatic ring is 1. The third kappa shape index (κ3) is 6.31. The van der Waals surface area contributed by atoms with Gasteiger partial charge in [0, 0.05) is 54.9 Å². The summed E-state index contributed by atoms with van der Waals surface area (Å²) in [6, 6.07) is 11.8. The molecule has 1 aromatic carbocycles. The molecule has 0 radical (unpaired) electrons. The lowest BCUT2D eigenvalue weighted by Crippen LogP contribution is -2.43. The quantitative estimate of drug-likeness (QED) is 0.483. The molecule has 0 spiro atoms. The van der Waals surface area contributed by atoms with Crippen molar-refractivity contribution in [3.8, 4) is 12.3 Å². The number of terminal acetylenes is 1. The number of Topliss-reactive ketones (excluding diaryl/α,β-unsaturated/α-hetero) is 1. The summed E-state index contributed by atoms with van der Waals surface area (Å²) < 4.78 is 2.35. The predicted molar refractivity (Wildman–Crippen MR) is 114 cm³/mol. The molecule has 1 saturated heterocycles. The van der Waals surface area contributed by atoms with Crippen molar-refractivity contribution in [2.75, 3.05) is 36.8 Å². The summed E-state index contributed by atoms with van der Waals surface area (Å²) in [6.07, 6.45) is 6.96. The predicted octanol–water partition coefficient (Wildman–Crippen LogP) is 3.73. The van der Waals surface area contributed by atoms with Crippen molar-refractivity contribution in [1.29, 1.82) is 0 Å². The Hall–Kier alpha value is -2.49. The van der Waals surface area contributed by atoms with Gasteiger partial charge in [0.05, 0.1) is 0 Å². The summed E-state index contributed by atoms with van der Waals surface area (Å²) in [5.74, 6) is 2.99. The molecule has 0 atom stereocenters. The van der Waals surface area contributed by atoms with Crippen LogP contribution in [0.25, 0.3) is 0 Å². The van der Waals surface area contributed by atoms with E-state index < -0.39 is 0 Å². The minimum atomic E-state index is 0.194. The normalized spacial score (nSPS) is 14.0. The molecule has 0 saturated carbocycles. The molecule has 3 rings (SSSR count). The maximum absolute atomic E-state index is 11.7. The summed E-state index contributed by atoms with van der Waals surface area (Å²) in [7, 11) is 0. The highest BCUT2D eigenvalue weighted by molar-refractivity contribution is 7.97. The smallest absolute Gasteiger partial charge is 0.162 e. The van der Waals surface area contributed by atoms with Crippen molar-refractivity contribution in [3.05, 3.63) is 48.2 Å². The Labute approximate surface area is 166 Å². The van der Waals surface area contributed by atoms with Crippen molar-refractivity contribution < 1.29 is 4.79 Å². The Balaban J connectivity index is 0.000000817. The fraction of sp³-hybridized carbons (Fsp3) is 0.333. The Morgan fingerprint density at radius 2 is 1.81 bits per heavy atom. The van der Waals surface area contributed by atoms with E-state index in [-0.39, 0.29) is 5.78 Å². The number of aromatic nitrogens is 1. The molecule has 0 bridgehead atoms. The van der Waals surface area contributed by atoms with Crippen molar-refractivity contribution in [1.82, 2.24) is 9.29 Å². The van der Waals surface area contributed by atoms with E-state index in [9.17, 15) is 4.79 Å². The molecule has 2 N–H and O–H groups in total. The summed E-state index contributed by atoms with van der Waals surface area (Å²) in [5, 5.41) is 0. The van der Waals surface area contributed by atoms with Crippen molar-refractivity contribution in [2.45, 2.75) is 25.2 Å². The van der Waals surface area contributed by atoms with Crippen LogP contribution in [0.1, 0.15) is 30.6 Å². The van der Waals surface area contributed by atoms with Crippen LogP contribution in [-0.4, -0.2) is 41.3 Å². The number of benzene rings is 1. The standard InChI is InChI=1S/C18H22N4OS.C3H4/c1-2-17(23)14-3-5-15(6-4-14)21-9-11-22(12-10-21)24-16-7-8-18(19)20-13-16;1-3-2/h3-8,13H,2,9-12H2,1H3,(H2,19,20);1H,2H3. The lowest BCUT2D eigenvalue weighted by Gasteiger charge is -2.35. The Morgan fingerprint density at radius 1 is 1.19 bits per heavy atom. The van der Waals surface area contributed by atoms with Gasteiger partial charge in [-0.3, -0.25) is 4.79 Å². The van der Waals surface area contributed by atoms with Gasteiger partial charge in [-0.25, -0.2) is 9.29 Å². The molecule has 1 aliphatic heterocycles. The lowest BCUT2D eigenvalue weighted by atomic mass is 10.1. The molecule has 2 heterocycles. The molecule has 1 aromatic heterocycles. The highest BCUT2D eigenvalue weighted by Crippen LogP contribution is 2.25. The molecule has 5 nitrogen and oxygen atoms in total. The average molecular weight is 383 g/mol. The number of pyridine rings is 1. The third-order valence-electron chi connectivity index (χ3n) is 4.11. The maximum atomic E-state index is 11.7. The van der Waals surface area contributed by atoms with Gasteiger partial charge in [-0.15, -0.1) is 12.3 Å². The molecule has 0 amide bonds. The van der Waals surface area contributed by atoms with E-state index in [1.807, 2.05) is 37.4 Å². The van der Waals surface area contributed by atoms with Gasteiger partial charge in [0.15, 0.2) is 5.78 Å². The topological polar surface area (TPSA) is 62.5 Å². The molecular weight excluding hydrogens is 356 g/mol. The van der Waals surface area contributed by atoms with Crippen LogP contribution >= 0.6 is 11.9 Å². The van der Waals surface area contributed by atoms with Gasteiger partial charge in [-0.1, -0.05) is 6.92 Å². The molecular formula is C21H26N4OS. The molecule has 2 aromatic rings. The van der Waals surface area contributed by atoms with E-state index in [1.165, 1.54) is 5.69 Å². The number of nitrogens with two attached hydrogens (primary N) is 1. The van der Waals surface area contributed by atoms with E-state index in [2.05, 4.69) is 38.7 Å². The van der Waals surface area contributed by atoms with E-state index in [0.29, 0.717) is 12.2 Å². The monoisotopic (exact) mass is 382 g/mol. The van der Waals surface area contributed by atoms with Gasteiger partial charge >= 0.3 is 0 Å². The van der Waals surface area contributed by atoms with Crippen molar-refractivity contribution in [2.24, 2.45) is 0 Å². The molecule has 27 heavy (non-hydrogen) atoms. The fourth-order valence-corrected chi connectivity index (χ4v) is 3.57. The first-order valence-electron chi connectivity index (χ1n) is 8.97. The van der Waals surface area contributed by atoms with E-state index in [4.69, 9.17) is 5.73 Å². The van der Waals surface area contributed by atoms with Crippen LogP contribution in [0.5, 0.6) is 0 Å². The molecule has 0 aliphatic carbocycles. The molecule has 1 fully saturated rings. The van der Waals surface area contributed by atoms with Crippen LogP contribution in [-0.2, 0) is 0 Å². The number of carbonyl (C=O) groups excluding carboxylic acids is 1. The summed E-state index contributed by atoms with van der Waals surface area (Å²) in [4.78, 5) is 19.3. The minimum absolute atomic E-state index is 0.194. The zero-order valence-electron chi connectivity index (χ0n) is 15.9. The number of hydrogen-bond donors (Lipinski definition) is 1. The second kappa shape index (κ2) is 10.6. The number of piperazine rings is 1. The molecule has 1 aliphatic rings. The van der Waals surface area contributed by atoms with Crippen molar-refractivity contribution >= 4 is 29.2 Å². The Kier molecular flexibility index (Phi) is 8.18. The highest BCUT2D eigenvalue weighted by atomic mass is 32.2. The van der Waals surface area contributed by atoms with Crippen LogP contribution in [0, 0.1) is 12.3 Å². The van der Waals surface area contributed by atoms with Crippen LogP contribution < -0.4 is 10.6 Å². The summed E-state index contributed by atoms with van der Waals surface area (Å²) in [6.45, 7) is 7.44. The average Bonchev–Trinajstić information content (AvgIpc) is 2.70. The van der Waals surface area contributed by atoms with Crippen LogP contribution in [0.4, 0.5) is 11.5 Å². The second-order valence-electron chi connectivity index (χ2n) is 6.04. The highest BCUT2D eigenvalue weighted by Gasteiger charge is 2.18. The third-order valence-corrected chi connectivity index (χ3v) is 5.18. The molecule has 0 unspecified atom stereocenters. The first kappa shape index (κ1) is 20.8. The zero-order valence-corrected chi connectivity index (χ0v) is 16.7. The van der Waals surface area contributed by atoms with E-state index >= 15 is 0 Å². The first-order chi connectivity index (χ1) is 13.1. The maximum Gasteiger partial charge on any atom is 0.162 e. The van der Waals surface area contributed by atoms with Gasteiger partial charge in [-0.05, 0) is 55.3 Å². The number of carbonyl (C=O) groups is 1. The number of hydrogen-bond acceptors (Lipinski definition) is 6. The van der Waals surface area contributed by atoms with Gasteiger partial charge < -0.3 is 10.6 Å². The van der Waals surface area contributed by atoms with Gasteiger partial charge in [0.25, 0.3) is 0 Å². The van der Waals surface area contributed by atoms with Gasteiger partial charge in [0.1, 0.15) is 5.82 Å². The van der Waals surface area contributed by atoms with Gasteiger partial charge in [-0.2, -0.15) is 0 Å². The van der Waals surface area contributed by atoms with Crippen LogP contribution in [0.15, 0.2) is 47.5 Å². The fourth-order valence-electron chi connectivity index (χ4n) is 2.69. The summed E-state index contributed by atoms with van der Waals surface area (Å²) in [5.41, 5.74) is 7.60. The number of nitrogens with zero attached hydrogens (tertiary/aromatic N) is 3. The minimum Gasteiger partial charge on any atom is -0.384 e. The number of rotatable bonds is 5. The molecule has 142 valence electrons. The molecule has 6 heteroatoms. The van der Waals surface area contributed by atoms with E-state index in [1.54, 1.807) is 18.9 Å². The Bertz CT molecular complexity index is 760. The second-order valence-corrected chi connectivity index (χ2v) is 7.21. The summed E-state index contributed by atoms with van der Waals surface area (Å²) >= 11 is 1.72. The number of anilines is 2. The van der Waals surface area contributed by atoms with E-state index in [0.717, 1.165) is 36.6 Å².